The predicted molar refractivity (Wildman–Crippen MR) is 123 cm³/mol. The van der Waals surface area contributed by atoms with E-state index in [9.17, 15) is 22.4 Å². The fourth-order valence-electron chi connectivity index (χ4n) is 3.30. The van der Waals surface area contributed by atoms with Gasteiger partial charge in [0.05, 0.1) is 4.90 Å². The molecule has 3 aromatic carbocycles. The number of imide groups is 1. The molecule has 1 aliphatic heterocycles. The fourth-order valence-corrected chi connectivity index (χ4v) is 4.42. The molecule has 1 saturated heterocycles. The Kier molecular flexibility index (Phi) is 6.27. The number of carbonyl (C=O) groups is 2. The van der Waals surface area contributed by atoms with E-state index in [1.807, 2.05) is 0 Å². The van der Waals surface area contributed by atoms with Gasteiger partial charge < -0.3 is 16.0 Å². The Morgan fingerprint density at radius 2 is 1.67 bits per heavy atom. The Labute approximate surface area is 190 Å². The molecule has 0 spiro atoms. The molecule has 0 aliphatic carbocycles. The molecule has 0 aromatic heterocycles. The van der Waals surface area contributed by atoms with Crippen LogP contribution >= 0.6 is 0 Å². The Balaban J connectivity index is 1.39. The smallest absolute Gasteiger partial charge is 0.330 e. The maximum atomic E-state index is 13.2. The average Bonchev–Trinajstić information content (AvgIpc) is 3.25. The first kappa shape index (κ1) is 22.3. The first-order valence-electron chi connectivity index (χ1n) is 10.1. The molecule has 4 rings (SSSR count). The van der Waals surface area contributed by atoms with E-state index >= 15 is 0 Å². The molecular formula is C23H21FN4O4S. The van der Waals surface area contributed by atoms with Gasteiger partial charge in [0, 0.05) is 24.5 Å². The Morgan fingerprint density at radius 3 is 2.33 bits per heavy atom. The van der Waals surface area contributed by atoms with Crippen molar-refractivity contribution in [3.8, 4) is 11.1 Å². The minimum Gasteiger partial charge on any atom is -0.371 e. The Hall–Kier alpha value is -3.92. The molecule has 0 saturated carbocycles. The molecule has 1 aliphatic rings. The van der Waals surface area contributed by atoms with Crippen molar-refractivity contribution in [1.29, 1.82) is 0 Å². The fraction of sp³-hybridized carbons (Fsp3) is 0.130. The lowest BCUT2D eigenvalue weighted by molar-refractivity contribution is 0.207. The average molecular weight is 469 g/mol. The summed E-state index contributed by atoms with van der Waals surface area (Å²) in [5, 5.41) is 8.04. The van der Waals surface area contributed by atoms with Gasteiger partial charge in [0.15, 0.2) is 9.84 Å². The van der Waals surface area contributed by atoms with Gasteiger partial charge in [-0.1, -0.05) is 24.3 Å². The summed E-state index contributed by atoms with van der Waals surface area (Å²) in [7, 11) is -3.65. The molecular weight excluding hydrogens is 447 g/mol. The number of anilines is 2. The van der Waals surface area contributed by atoms with Crippen LogP contribution in [0.2, 0.25) is 0 Å². The molecule has 0 radical (unpaired) electrons. The third-order valence-electron chi connectivity index (χ3n) is 5.08. The Bertz CT molecular complexity index is 1280. The third kappa shape index (κ3) is 5.29. The van der Waals surface area contributed by atoms with Crippen LogP contribution in [0, 0.1) is 5.82 Å². The van der Waals surface area contributed by atoms with Crippen LogP contribution in [-0.2, 0) is 9.84 Å². The van der Waals surface area contributed by atoms with Crippen molar-refractivity contribution < 1.29 is 22.4 Å². The molecule has 4 amide bonds. The van der Waals surface area contributed by atoms with Crippen LogP contribution in [0.3, 0.4) is 0 Å². The van der Waals surface area contributed by atoms with E-state index in [1.54, 1.807) is 54.6 Å². The van der Waals surface area contributed by atoms with Crippen molar-refractivity contribution >= 4 is 33.3 Å². The van der Waals surface area contributed by atoms with Crippen molar-refractivity contribution in [1.82, 2.24) is 10.2 Å². The van der Waals surface area contributed by atoms with E-state index in [0.29, 0.717) is 35.6 Å². The molecule has 33 heavy (non-hydrogen) atoms. The Morgan fingerprint density at radius 1 is 0.970 bits per heavy atom. The van der Waals surface area contributed by atoms with Crippen LogP contribution in [0.1, 0.15) is 0 Å². The van der Waals surface area contributed by atoms with Crippen molar-refractivity contribution in [2.45, 2.75) is 4.90 Å². The largest absolute Gasteiger partial charge is 0.371 e. The van der Waals surface area contributed by atoms with E-state index in [2.05, 4.69) is 16.0 Å². The van der Waals surface area contributed by atoms with E-state index < -0.39 is 21.9 Å². The number of sulfone groups is 1. The number of carbonyl (C=O) groups excluding carboxylic acids is 2. The molecule has 1 fully saturated rings. The number of amides is 4. The van der Waals surface area contributed by atoms with Crippen LogP contribution in [-0.4, -0.2) is 44.3 Å². The number of hydrogen-bond donors (Lipinski definition) is 3. The van der Waals surface area contributed by atoms with Crippen LogP contribution in [0.4, 0.5) is 25.4 Å². The van der Waals surface area contributed by atoms with Gasteiger partial charge in [-0.15, -0.1) is 0 Å². The van der Waals surface area contributed by atoms with Crippen LogP contribution in [0.15, 0.2) is 77.7 Å². The lowest BCUT2D eigenvalue weighted by atomic mass is 10.1. The number of nitrogens with zero attached hydrogens (tertiary/aromatic N) is 1. The van der Waals surface area contributed by atoms with Crippen molar-refractivity contribution in [3.63, 3.8) is 0 Å². The van der Waals surface area contributed by atoms with E-state index in [4.69, 9.17) is 0 Å². The van der Waals surface area contributed by atoms with Crippen LogP contribution < -0.4 is 16.0 Å². The summed E-state index contributed by atoms with van der Waals surface area (Å²) in [5.41, 5.74) is 2.40. The minimum atomic E-state index is -3.65. The van der Waals surface area contributed by atoms with Gasteiger partial charge in [-0.25, -0.2) is 27.3 Å². The number of hydrogen-bond acceptors (Lipinski definition) is 5. The SMILES string of the molecule is O=C1NCCN1C(=O)Nc1ccc(NCS(=O)(=O)c2cccc(-c3ccc(F)cc3)c2)cc1. The predicted octanol–water partition coefficient (Wildman–Crippen LogP) is 3.89. The van der Waals surface area contributed by atoms with E-state index in [0.717, 1.165) is 4.90 Å². The molecule has 0 unspecified atom stereocenters. The highest BCUT2D eigenvalue weighted by atomic mass is 32.2. The molecule has 10 heteroatoms. The molecule has 0 atom stereocenters. The second-order valence-corrected chi connectivity index (χ2v) is 9.35. The highest BCUT2D eigenvalue weighted by Gasteiger charge is 2.26. The number of rotatable bonds is 6. The standard InChI is InChI=1S/C23H21FN4O4S/c24-18-6-4-16(5-7-18)17-2-1-3-21(14-17)33(31,32)15-26-19-8-10-20(11-9-19)27-23(30)28-13-12-25-22(28)29/h1-11,14,26H,12-13,15H2,(H,25,29)(H,27,30). The van der Waals surface area contributed by atoms with Gasteiger partial charge in [-0.05, 0) is 59.7 Å². The molecule has 170 valence electrons. The molecule has 1 heterocycles. The zero-order valence-electron chi connectivity index (χ0n) is 17.4. The summed E-state index contributed by atoms with van der Waals surface area (Å²) in [6.07, 6.45) is 0. The van der Waals surface area contributed by atoms with Crippen molar-refractivity contribution in [2.75, 3.05) is 29.6 Å². The summed E-state index contributed by atoms with van der Waals surface area (Å²) in [4.78, 5) is 24.9. The van der Waals surface area contributed by atoms with Gasteiger partial charge >= 0.3 is 12.1 Å². The van der Waals surface area contributed by atoms with E-state index in [1.165, 1.54) is 18.2 Å². The molecule has 8 nitrogen and oxygen atoms in total. The zero-order valence-corrected chi connectivity index (χ0v) is 18.2. The summed E-state index contributed by atoms with van der Waals surface area (Å²) >= 11 is 0. The highest BCUT2D eigenvalue weighted by molar-refractivity contribution is 7.91. The maximum absolute atomic E-state index is 13.2. The van der Waals surface area contributed by atoms with E-state index in [-0.39, 0.29) is 16.6 Å². The van der Waals surface area contributed by atoms with Crippen molar-refractivity contribution in [2.24, 2.45) is 0 Å². The monoisotopic (exact) mass is 468 g/mol. The van der Waals surface area contributed by atoms with Crippen LogP contribution in [0.5, 0.6) is 0 Å². The normalized spacial score (nSPS) is 13.5. The molecule has 0 bridgehead atoms. The van der Waals surface area contributed by atoms with Gasteiger partial charge in [-0.2, -0.15) is 0 Å². The second kappa shape index (κ2) is 9.29. The topological polar surface area (TPSA) is 108 Å². The summed E-state index contributed by atoms with van der Waals surface area (Å²) < 4.78 is 38.8. The van der Waals surface area contributed by atoms with Gasteiger partial charge in [0.1, 0.15) is 11.7 Å². The first-order valence-corrected chi connectivity index (χ1v) is 11.8. The van der Waals surface area contributed by atoms with Gasteiger partial charge in [-0.3, -0.25) is 0 Å². The number of urea groups is 2. The summed E-state index contributed by atoms with van der Waals surface area (Å²) in [6, 6.07) is 17.8. The number of halogens is 1. The number of benzene rings is 3. The molecule has 3 N–H and O–H groups in total. The third-order valence-corrected chi connectivity index (χ3v) is 6.57. The summed E-state index contributed by atoms with van der Waals surface area (Å²) in [5.74, 6) is -0.696. The van der Waals surface area contributed by atoms with Gasteiger partial charge in [0.2, 0.25) is 0 Å². The minimum absolute atomic E-state index is 0.143. The lowest BCUT2D eigenvalue weighted by Gasteiger charge is -2.14. The van der Waals surface area contributed by atoms with Gasteiger partial charge in [0.25, 0.3) is 0 Å². The molecule has 3 aromatic rings. The van der Waals surface area contributed by atoms with Crippen LogP contribution in [0.25, 0.3) is 11.1 Å². The lowest BCUT2D eigenvalue weighted by Crippen LogP contribution is -2.37. The number of nitrogens with one attached hydrogen (secondary N) is 3. The summed E-state index contributed by atoms with van der Waals surface area (Å²) in [6.45, 7) is 0.709. The van der Waals surface area contributed by atoms with Crippen molar-refractivity contribution in [3.05, 3.63) is 78.6 Å². The maximum Gasteiger partial charge on any atom is 0.330 e. The first-order chi connectivity index (χ1) is 15.8. The second-order valence-electron chi connectivity index (χ2n) is 7.36. The zero-order chi connectivity index (χ0) is 23.4. The quantitative estimate of drug-likeness (QED) is 0.509. The highest BCUT2D eigenvalue weighted by Crippen LogP contribution is 2.24.